The number of hydrazine groups is 1. The topological polar surface area (TPSA) is 71.6 Å². The fraction of sp³-hybridized carbons (Fsp3) is 0.462. The van der Waals surface area contributed by atoms with Crippen LogP contribution in [0.25, 0.3) is 0 Å². The molecule has 0 spiro atoms. The van der Waals surface area contributed by atoms with Gasteiger partial charge in [0.2, 0.25) is 5.91 Å². The summed E-state index contributed by atoms with van der Waals surface area (Å²) in [7, 11) is 1.35. The third-order valence-electron chi connectivity index (χ3n) is 3.24. The SMILES string of the molecule is COc1ccc(NC(=O)C2CNNC2C)cc1OC(F)F. The van der Waals surface area contributed by atoms with Crippen LogP contribution < -0.4 is 25.6 Å². The average Bonchev–Trinajstić information content (AvgIpc) is 2.85. The van der Waals surface area contributed by atoms with Gasteiger partial charge in [-0.05, 0) is 19.1 Å². The predicted octanol–water partition coefficient (Wildman–Crippen LogP) is 1.35. The molecule has 1 fully saturated rings. The van der Waals surface area contributed by atoms with E-state index in [0.717, 1.165) is 0 Å². The van der Waals surface area contributed by atoms with E-state index < -0.39 is 6.61 Å². The summed E-state index contributed by atoms with van der Waals surface area (Å²) in [6.45, 7) is -0.583. The van der Waals surface area contributed by atoms with Crippen LogP contribution in [0.15, 0.2) is 18.2 Å². The van der Waals surface area contributed by atoms with E-state index in [1.54, 1.807) is 6.07 Å². The van der Waals surface area contributed by atoms with E-state index >= 15 is 0 Å². The Labute approximate surface area is 120 Å². The fourth-order valence-electron chi connectivity index (χ4n) is 2.10. The zero-order valence-corrected chi connectivity index (χ0v) is 11.7. The Morgan fingerprint density at radius 2 is 2.19 bits per heavy atom. The minimum atomic E-state index is -2.96. The Balaban J connectivity index is 2.11. The predicted molar refractivity (Wildman–Crippen MR) is 72.3 cm³/mol. The molecule has 1 saturated heterocycles. The minimum Gasteiger partial charge on any atom is -0.493 e. The molecule has 1 aromatic rings. The molecule has 0 radical (unpaired) electrons. The van der Waals surface area contributed by atoms with Gasteiger partial charge in [-0.25, -0.2) is 0 Å². The molecule has 0 aliphatic carbocycles. The summed E-state index contributed by atoms with van der Waals surface area (Å²) in [4.78, 5) is 12.1. The molecule has 1 aliphatic rings. The number of carbonyl (C=O) groups excluding carboxylic acids is 1. The van der Waals surface area contributed by atoms with Crippen LogP contribution in [0.5, 0.6) is 11.5 Å². The first-order valence-corrected chi connectivity index (χ1v) is 6.43. The maximum atomic E-state index is 12.3. The Morgan fingerprint density at radius 3 is 2.76 bits per heavy atom. The number of anilines is 1. The van der Waals surface area contributed by atoms with Gasteiger partial charge in [0, 0.05) is 24.3 Å². The number of hydrogen-bond acceptors (Lipinski definition) is 5. The molecule has 2 rings (SSSR count). The molecule has 6 nitrogen and oxygen atoms in total. The van der Waals surface area contributed by atoms with E-state index in [9.17, 15) is 13.6 Å². The van der Waals surface area contributed by atoms with E-state index in [1.807, 2.05) is 6.92 Å². The van der Waals surface area contributed by atoms with Crippen molar-refractivity contribution in [2.75, 3.05) is 19.0 Å². The molecular formula is C13H17F2N3O3. The number of benzene rings is 1. The number of rotatable bonds is 5. The number of carbonyl (C=O) groups is 1. The first-order chi connectivity index (χ1) is 10.0. The van der Waals surface area contributed by atoms with Gasteiger partial charge in [0.25, 0.3) is 0 Å². The summed E-state index contributed by atoms with van der Waals surface area (Å²) in [5, 5.41) is 2.68. The summed E-state index contributed by atoms with van der Waals surface area (Å²) in [5.41, 5.74) is 6.20. The molecular weight excluding hydrogens is 284 g/mol. The molecule has 0 bridgehead atoms. The number of hydrogen-bond donors (Lipinski definition) is 3. The number of nitrogens with one attached hydrogen (secondary N) is 3. The van der Waals surface area contributed by atoms with Gasteiger partial charge in [0.1, 0.15) is 0 Å². The van der Waals surface area contributed by atoms with Gasteiger partial charge in [-0.1, -0.05) is 0 Å². The molecule has 2 unspecified atom stereocenters. The smallest absolute Gasteiger partial charge is 0.387 e. The Kier molecular flexibility index (Phi) is 4.92. The van der Waals surface area contributed by atoms with E-state index in [-0.39, 0.29) is 29.4 Å². The van der Waals surface area contributed by atoms with Gasteiger partial charge < -0.3 is 14.8 Å². The van der Waals surface area contributed by atoms with Crippen LogP contribution in [0.1, 0.15) is 6.92 Å². The molecule has 2 atom stereocenters. The molecule has 1 heterocycles. The lowest BCUT2D eigenvalue weighted by Gasteiger charge is -2.15. The third-order valence-corrected chi connectivity index (χ3v) is 3.24. The highest BCUT2D eigenvalue weighted by Gasteiger charge is 2.29. The van der Waals surface area contributed by atoms with Crippen molar-refractivity contribution in [2.45, 2.75) is 19.6 Å². The minimum absolute atomic E-state index is 0.0139. The molecule has 1 amide bonds. The Bertz CT molecular complexity index is 513. The molecule has 21 heavy (non-hydrogen) atoms. The first kappa shape index (κ1) is 15.5. The zero-order valence-electron chi connectivity index (χ0n) is 11.7. The lowest BCUT2D eigenvalue weighted by atomic mass is 10.0. The average molecular weight is 301 g/mol. The van der Waals surface area contributed by atoms with Gasteiger partial charge >= 0.3 is 6.61 Å². The molecule has 8 heteroatoms. The van der Waals surface area contributed by atoms with Crippen LogP contribution >= 0.6 is 0 Å². The normalized spacial score (nSPS) is 21.4. The van der Waals surface area contributed by atoms with Crippen molar-refractivity contribution in [1.29, 1.82) is 0 Å². The van der Waals surface area contributed by atoms with Crippen LogP contribution in [-0.2, 0) is 4.79 Å². The highest BCUT2D eigenvalue weighted by molar-refractivity contribution is 5.93. The summed E-state index contributed by atoms with van der Waals surface area (Å²) < 4.78 is 34.0. The lowest BCUT2D eigenvalue weighted by molar-refractivity contribution is -0.119. The number of ether oxygens (including phenoxy) is 2. The van der Waals surface area contributed by atoms with Crippen molar-refractivity contribution >= 4 is 11.6 Å². The Hall–Kier alpha value is -1.93. The van der Waals surface area contributed by atoms with Crippen molar-refractivity contribution in [2.24, 2.45) is 5.92 Å². The van der Waals surface area contributed by atoms with Crippen molar-refractivity contribution in [3.05, 3.63) is 18.2 Å². The summed E-state index contributed by atoms with van der Waals surface area (Å²) >= 11 is 0. The van der Waals surface area contributed by atoms with Crippen LogP contribution in [0.2, 0.25) is 0 Å². The molecule has 1 aliphatic heterocycles. The van der Waals surface area contributed by atoms with Crippen LogP contribution in [0.3, 0.4) is 0 Å². The van der Waals surface area contributed by atoms with Crippen LogP contribution in [0, 0.1) is 5.92 Å². The van der Waals surface area contributed by atoms with Gasteiger partial charge in [-0.3, -0.25) is 15.6 Å². The second-order valence-corrected chi connectivity index (χ2v) is 4.65. The van der Waals surface area contributed by atoms with Gasteiger partial charge in [0.05, 0.1) is 13.0 Å². The van der Waals surface area contributed by atoms with Crippen molar-refractivity contribution < 1.29 is 23.0 Å². The first-order valence-electron chi connectivity index (χ1n) is 6.43. The number of amides is 1. The lowest BCUT2D eigenvalue weighted by Crippen LogP contribution is -2.33. The van der Waals surface area contributed by atoms with Crippen molar-refractivity contribution in [3.8, 4) is 11.5 Å². The molecule has 1 aromatic carbocycles. The monoisotopic (exact) mass is 301 g/mol. The van der Waals surface area contributed by atoms with E-state index in [2.05, 4.69) is 20.9 Å². The van der Waals surface area contributed by atoms with Crippen LogP contribution in [0.4, 0.5) is 14.5 Å². The second kappa shape index (κ2) is 6.68. The quantitative estimate of drug-likeness (QED) is 0.766. The van der Waals surface area contributed by atoms with E-state index in [1.165, 1.54) is 19.2 Å². The summed E-state index contributed by atoms with van der Waals surface area (Å²) in [6, 6.07) is 4.32. The summed E-state index contributed by atoms with van der Waals surface area (Å²) in [5.74, 6) is -0.397. The second-order valence-electron chi connectivity index (χ2n) is 4.65. The van der Waals surface area contributed by atoms with E-state index in [0.29, 0.717) is 12.2 Å². The van der Waals surface area contributed by atoms with Crippen molar-refractivity contribution in [1.82, 2.24) is 10.9 Å². The van der Waals surface area contributed by atoms with E-state index in [4.69, 9.17) is 4.74 Å². The van der Waals surface area contributed by atoms with Crippen LogP contribution in [-0.4, -0.2) is 32.2 Å². The fourth-order valence-corrected chi connectivity index (χ4v) is 2.10. The standard InChI is InChI=1S/C13H17F2N3O3/c1-7-9(6-16-18-7)12(19)17-8-3-4-10(20-2)11(5-8)21-13(14)15/h3-5,7,9,13,16,18H,6H2,1-2H3,(H,17,19). The van der Waals surface area contributed by atoms with Gasteiger partial charge in [-0.2, -0.15) is 8.78 Å². The number of alkyl halides is 2. The third kappa shape index (κ3) is 3.79. The largest absolute Gasteiger partial charge is 0.493 e. The summed E-state index contributed by atoms with van der Waals surface area (Å²) in [6.07, 6.45) is 0. The highest BCUT2D eigenvalue weighted by Crippen LogP contribution is 2.31. The number of methoxy groups -OCH3 is 1. The maximum Gasteiger partial charge on any atom is 0.387 e. The Morgan fingerprint density at radius 1 is 1.43 bits per heavy atom. The number of halogens is 2. The maximum absolute atomic E-state index is 12.3. The molecule has 0 aromatic heterocycles. The molecule has 116 valence electrons. The highest BCUT2D eigenvalue weighted by atomic mass is 19.3. The van der Waals surface area contributed by atoms with Crippen molar-refractivity contribution in [3.63, 3.8) is 0 Å². The van der Waals surface area contributed by atoms with Gasteiger partial charge in [-0.15, -0.1) is 0 Å². The molecule has 3 N–H and O–H groups in total. The molecule has 0 saturated carbocycles. The van der Waals surface area contributed by atoms with Gasteiger partial charge in [0.15, 0.2) is 11.5 Å². The zero-order chi connectivity index (χ0) is 15.4.